The summed E-state index contributed by atoms with van der Waals surface area (Å²) in [4.78, 5) is 13.7. The highest BCUT2D eigenvalue weighted by molar-refractivity contribution is 5.78. The first-order valence-corrected chi connectivity index (χ1v) is 5.95. The van der Waals surface area contributed by atoms with Gasteiger partial charge in [0.05, 0.1) is 6.54 Å². The predicted octanol–water partition coefficient (Wildman–Crippen LogP) is 0.570. The summed E-state index contributed by atoms with van der Waals surface area (Å²) in [7, 11) is 0. The largest absolute Gasteiger partial charge is 0.350 e. The monoisotopic (exact) mass is 227 g/mol. The highest BCUT2D eigenvalue weighted by Gasteiger charge is 2.42. The van der Waals surface area contributed by atoms with Gasteiger partial charge in [-0.2, -0.15) is 0 Å². The zero-order valence-electron chi connectivity index (χ0n) is 11.1. The number of hydrogen-bond donors (Lipinski definition) is 2. The van der Waals surface area contributed by atoms with Crippen molar-refractivity contribution in [3.8, 4) is 0 Å². The van der Waals surface area contributed by atoms with Crippen molar-refractivity contribution in [3.63, 3.8) is 0 Å². The minimum atomic E-state index is -0.153. The molecule has 0 aromatic carbocycles. The van der Waals surface area contributed by atoms with Gasteiger partial charge in [0, 0.05) is 24.2 Å². The van der Waals surface area contributed by atoms with Crippen molar-refractivity contribution in [1.82, 2.24) is 10.2 Å². The Labute approximate surface area is 98.6 Å². The van der Waals surface area contributed by atoms with E-state index in [0.717, 1.165) is 13.1 Å². The van der Waals surface area contributed by atoms with E-state index in [1.807, 2.05) is 20.8 Å². The van der Waals surface area contributed by atoms with Crippen molar-refractivity contribution >= 4 is 5.91 Å². The molecule has 0 aromatic heterocycles. The summed E-state index contributed by atoms with van der Waals surface area (Å²) in [5.74, 6) is 0.549. The van der Waals surface area contributed by atoms with E-state index in [1.54, 1.807) is 0 Å². The van der Waals surface area contributed by atoms with Gasteiger partial charge in [0.1, 0.15) is 0 Å². The molecule has 1 fully saturated rings. The average molecular weight is 227 g/mol. The second-order valence-corrected chi connectivity index (χ2v) is 6.33. The zero-order valence-corrected chi connectivity index (χ0v) is 11.1. The Morgan fingerprint density at radius 2 is 1.94 bits per heavy atom. The molecule has 1 aliphatic rings. The first-order valence-electron chi connectivity index (χ1n) is 5.95. The summed E-state index contributed by atoms with van der Waals surface area (Å²) in [6.45, 7) is 12.3. The molecular weight excluding hydrogens is 202 g/mol. The maximum absolute atomic E-state index is 11.6. The van der Waals surface area contributed by atoms with Gasteiger partial charge in [-0.05, 0) is 26.7 Å². The average Bonchev–Trinajstić information content (AvgIpc) is 1.96. The molecule has 4 nitrogen and oxygen atoms in total. The van der Waals surface area contributed by atoms with Gasteiger partial charge >= 0.3 is 0 Å². The van der Waals surface area contributed by atoms with E-state index in [1.165, 1.54) is 0 Å². The van der Waals surface area contributed by atoms with Crippen molar-refractivity contribution in [3.05, 3.63) is 0 Å². The van der Waals surface area contributed by atoms with Crippen LogP contribution in [0.2, 0.25) is 0 Å². The number of nitrogens with one attached hydrogen (secondary N) is 1. The number of amides is 1. The highest BCUT2D eigenvalue weighted by atomic mass is 16.2. The van der Waals surface area contributed by atoms with E-state index in [9.17, 15) is 4.79 Å². The van der Waals surface area contributed by atoms with E-state index in [2.05, 4.69) is 24.1 Å². The van der Waals surface area contributed by atoms with Gasteiger partial charge in [0.15, 0.2) is 0 Å². The molecule has 1 saturated heterocycles. The quantitative estimate of drug-likeness (QED) is 0.741. The lowest BCUT2D eigenvalue weighted by Gasteiger charge is -2.50. The second-order valence-electron chi connectivity index (χ2n) is 6.33. The van der Waals surface area contributed by atoms with Crippen LogP contribution in [-0.2, 0) is 4.79 Å². The molecule has 16 heavy (non-hydrogen) atoms. The summed E-state index contributed by atoms with van der Waals surface area (Å²) >= 11 is 0. The van der Waals surface area contributed by atoms with Gasteiger partial charge in [-0.1, -0.05) is 13.8 Å². The number of rotatable bonds is 3. The molecule has 3 N–H and O–H groups in total. The summed E-state index contributed by atoms with van der Waals surface area (Å²) in [5, 5.41) is 2.95. The first kappa shape index (κ1) is 13.5. The summed E-state index contributed by atoms with van der Waals surface area (Å²) in [6.07, 6.45) is 0. The van der Waals surface area contributed by atoms with Gasteiger partial charge in [-0.15, -0.1) is 0 Å². The van der Waals surface area contributed by atoms with E-state index >= 15 is 0 Å². The van der Waals surface area contributed by atoms with Gasteiger partial charge < -0.3 is 11.1 Å². The lowest BCUT2D eigenvalue weighted by atomic mass is 9.80. The minimum absolute atomic E-state index is 0.0818. The molecule has 4 heteroatoms. The molecule has 1 amide bonds. The van der Waals surface area contributed by atoms with E-state index < -0.39 is 0 Å². The Balaban J connectivity index is 2.30. The third kappa shape index (κ3) is 3.46. The molecule has 0 spiro atoms. The van der Waals surface area contributed by atoms with E-state index in [-0.39, 0.29) is 17.0 Å². The summed E-state index contributed by atoms with van der Waals surface area (Å²) in [5.41, 5.74) is 5.92. The lowest BCUT2D eigenvalue weighted by Crippen LogP contribution is -2.71. The van der Waals surface area contributed by atoms with E-state index in [0.29, 0.717) is 12.5 Å². The normalized spacial score (nSPS) is 20.7. The fourth-order valence-corrected chi connectivity index (χ4v) is 1.92. The van der Waals surface area contributed by atoms with Crippen molar-refractivity contribution in [2.75, 3.05) is 19.6 Å². The topological polar surface area (TPSA) is 58.4 Å². The smallest absolute Gasteiger partial charge is 0.234 e. The third-order valence-corrected chi connectivity index (χ3v) is 3.07. The van der Waals surface area contributed by atoms with Crippen LogP contribution in [0.4, 0.5) is 0 Å². The lowest BCUT2D eigenvalue weighted by molar-refractivity contribution is -0.126. The van der Waals surface area contributed by atoms with Crippen LogP contribution in [0.15, 0.2) is 0 Å². The molecule has 0 atom stereocenters. The SMILES string of the molecule is CC(C)C1(N)CN(CC(=O)NC(C)(C)C)C1. The number of nitrogens with zero attached hydrogens (tertiary/aromatic N) is 1. The van der Waals surface area contributed by atoms with Crippen LogP contribution in [0.3, 0.4) is 0 Å². The third-order valence-electron chi connectivity index (χ3n) is 3.07. The van der Waals surface area contributed by atoms with Gasteiger partial charge in [0.2, 0.25) is 5.91 Å². The predicted molar refractivity (Wildman–Crippen MR) is 66.1 cm³/mol. The molecule has 0 unspecified atom stereocenters. The standard InChI is InChI=1S/C12H25N3O/c1-9(2)12(13)7-15(8-12)6-10(16)14-11(3,4)5/h9H,6-8,13H2,1-5H3,(H,14,16). The minimum Gasteiger partial charge on any atom is -0.350 e. The number of carbonyl (C=O) groups excluding carboxylic acids is 1. The van der Waals surface area contributed by atoms with Crippen molar-refractivity contribution in [2.24, 2.45) is 11.7 Å². The molecule has 0 radical (unpaired) electrons. The zero-order chi connectivity index (χ0) is 12.6. The van der Waals surface area contributed by atoms with Crippen LogP contribution in [-0.4, -0.2) is 41.5 Å². The summed E-state index contributed by atoms with van der Waals surface area (Å²) in [6, 6.07) is 0. The fourth-order valence-electron chi connectivity index (χ4n) is 1.92. The molecule has 0 aromatic rings. The Hall–Kier alpha value is -0.610. The maximum atomic E-state index is 11.6. The van der Waals surface area contributed by atoms with Crippen LogP contribution < -0.4 is 11.1 Å². The Kier molecular flexibility index (Phi) is 3.65. The molecule has 0 bridgehead atoms. The Bertz CT molecular complexity index is 262. The second kappa shape index (κ2) is 4.34. The van der Waals surface area contributed by atoms with Gasteiger partial charge in [0.25, 0.3) is 0 Å². The molecule has 1 aliphatic heterocycles. The highest BCUT2D eigenvalue weighted by Crippen LogP contribution is 2.25. The molecule has 1 heterocycles. The van der Waals surface area contributed by atoms with E-state index in [4.69, 9.17) is 5.73 Å². The molecule has 94 valence electrons. The number of hydrogen-bond acceptors (Lipinski definition) is 3. The van der Waals surface area contributed by atoms with Crippen LogP contribution in [0.1, 0.15) is 34.6 Å². The molecular formula is C12H25N3O. The summed E-state index contributed by atoms with van der Waals surface area (Å²) < 4.78 is 0. The van der Waals surface area contributed by atoms with Crippen molar-refractivity contribution in [1.29, 1.82) is 0 Å². The Morgan fingerprint density at radius 3 is 2.31 bits per heavy atom. The molecule has 0 aliphatic carbocycles. The van der Waals surface area contributed by atoms with Gasteiger partial charge in [-0.25, -0.2) is 0 Å². The van der Waals surface area contributed by atoms with Crippen molar-refractivity contribution < 1.29 is 4.79 Å². The number of nitrogens with two attached hydrogens (primary N) is 1. The molecule has 1 rings (SSSR count). The van der Waals surface area contributed by atoms with Crippen LogP contribution in [0.25, 0.3) is 0 Å². The van der Waals surface area contributed by atoms with Crippen LogP contribution in [0.5, 0.6) is 0 Å². The first-order chi connectivity index (χ1) is 7.12. The fraction of sp³-hybridized carbons (Fsp3) is 0.917. The Morgan fingerprint density at radius 1 is 1.44 bits per heavy atom. The van der Waals surface area contributed by atoms with Crippen molar-refractivity contribution in [2.45, 2.75) is 45.7 Å². The van der Waals surface area contributed by atoms with Gasteiger partial charge in [-0.3, -0.25) is 9.69 Å². The number of carbonyl (C=O) groups is 1. The molecule has 0 saturated carbocycles. The van der Waals surface area contributed by atoms with Crippen LogP contribution in [0, 0.1) is 5.92 Å². The van der Waals surface area contributed by atoms with Crippen LogP contribution >= 0.6 is 0 Å². The number of likely N-dealkylation sites (tertiary alicyclic amines) is 1. The maximum Gasteiger partial charge on any atom is 0.234 e.